The van der Waals surface area contributed by atoms with E-state index in [2.05, 4.69) is 45.0 Å². The van der Waals surface area contributed by atoms with Crippen molar-refractivity contribution in [2.75, 3.05) is 0 Å². The van der Waals surface area contributed by atoms with Gasteiger partial charge in [-0.25, -0.2) is 4.98 Å². The Balaban J connectivity index is 1.68. The van der Waals surface area contributed by atoms with Gasteiger partial charge in [-0.2, -0.15) is 0 Å². The molecule has 3 rings (SSSR count). The van der Waals surface area contributed by atoms with Crippen LogP contribution < -0.4 is 0 Å². The fourth-order valence-corrected chi connectivity index (χ4v) is 4.74. The normalized spacial score (nSPS) is 28.0. The lowest BCUT2D eigenvalue weighted by Crippen LogP contribution is -2.26. The lowest BCUT2D eigenvalue weighted by atomic mass is 9.77. The summed E-state index contributed by atoms with van der Waals surface area (Å²) in [5.74, 6) is 1.70. The van der Waals surface area contributed by atoms with Crippen LogP contribution in [0.3, 0.4) is 0 Å². The highest BCUT2D eigenvalue weighted by atomic mass is 79.9. The number of aromatic nitrogens is 2. The number of rotatable bonds is 4. The Morgan fingerprint density at radius 1 is 1.47 bits per heavy atom. The number of nitrogens with zero attached hydrogens (tertiary/aromatic N) is 2. The monoisotopic (exact) mass is 340 g/mol. The van der Waals surface area contributed by atoms with Crippen LogP contribution in [0.15, 0.2) is 17.8 Å². The molecule has 0 aromatic carbocycles. The summed E-state index contributed by atoms with van der Waals surface area (Å²) in [6, 6.07) is 0. The first-order valence-corrected chi connectivity index (χ1v) is 9.11. The van der Waals surface area contributed by atoms with Crippen molar-refractivity contribution in [2.24, 2.45) is 11.8 Å². The molecule has 0 saturated heterocycles. The average molecular weight is 341 g/mol. The molecule has 1 aliphatic carbocycles. The van der Waals surface area contributed by atoms with E-state index in [4.69, 9.17) is 4.98 Å². The molecule has 4 heteroatoms. The number of alkyl halides is 1. The van der Waals surface area contributed by atoms with Gasteiger partial charge in [0.15, 0.2) is 4.96 Å². The molecule has 0 bridgehead atoms. The molecular formula is C15H21BrN2S. The van der Waals surface area contributed by atoms with Crippen molar-refractivity contribution >= 4 is 32.2 Å². The van der Waals surface area contributed by atoms with Gasteiger partial charge in [-0.3, -0.25) is 4.40 Å². The molecule has 2 aromatic heterocycles. The Bertz CT molecular complexity index is 504. The molecule has 0 N–H and O–H groups in total. The zero-order chi connectivity index (χ0) is 13.2. The molecule has 2 heterocycles. The summed E-state index contributed by atoms with van der Waals surface area (Å²) in [6.07, 6.45) is 12.3. The van der Waals surface area contributed by atoms with Gasteiger partial charge >= 0.3 is 0 Å². The van der Waals surface area contributed by atoms with Crippen LogP contribution in [0, 0.1) is 11.8 Å². The summed E-state index contributed by atoms with van der Waals surface area (Å²) in [7, 11) is 0. The second-order valence-corrected chi connectivity index (χ2v) is 7.82. The van der Waals surface area contributed by atoms with Crippen LogP contribution in [0.25, 0.3) is 4.96 Å². The molecule has 104 valence electrons. The maximum absolute atomic E-state index is 4.73. The van der Waals surface area contributed by atoms with Gasteiger partial charge in [-0.1, -0.05) is 35.7 Å². The van der Waals surface area contributed by atoms with Gasteiger partial charge in [0.2, 0.25) is 0 Å². The number of hydrogen-bond acceptors (Lipinski definition) is 2. The van der Waals surface area contributed by atoms with E-state index in [1.807, 2.05) is 0 Å². The topological polar surface area (TPSA) is 17.3 Å². The quantitative estimate of drug-likeness (QED) is 0.722. The van der Waals surface area contributed by atoms with Crippen molar-refractivity contribution in [3.05, 3.63) is 23.5 Å². The average Bonchev–Trinajstić information content (AvgIpc) is 2.94. The lowest BCUT2D eigenvalue weighted by Gasteiger charge is -2.33. The number of hydrogen-bond donors (Lipinski definition) is 0. The molecule has 0 amide bonds. The number of halogens is 1. The molecule has 0 radical (unpaired) electrons. The molecule has 1 saturated carbocycles. The fourth-order valence-electron chi connectivity index (χ4n) is 3.35. The molecule has 3 unspecified atom stereocenters. The van der Waals surface area contributed by atoms with Crippen LogP contribution >= 0.6 is 27.3 Å². The van der Waals surface area contributed by atoms with Crippen LogP contribution in [-0.2, 0) is 6.42 Å². The van der Waals surface area contributed by atoms with Gasteiger partial charge in [0.05, 0.1) is 5.69 Å². The minimum Gasteiger partial charge on any atom is -0.297 e. The summed E-state index contributed by atoms with van der Waals surface area (Å²) in [4.78, 5) is 6.54. The van der Waals surface area contributed by atoms with Crippen LogP contribution in [0.4, 0.5) is 0 Å². The molecule has 19 heavy (non-hydrogen) atoms. The van der Waals surface area contributed by atoms with Crippen molar-refractivity contribution in [1.29, 1.82) is 0 Å². The largest absolute Gasteiger partial charge is 0.297 e. The van der Waals surface area contributed by atoms with Gasteiger partial charge in [-0.05, 0) is 37.5 Å². The minimum atomic E-state index is 0.681. The smallest absolute Gasteiger partial charge is 0.193 e. The highest BCUT2D eigenvalue weighted by Crippen LogP contribution is 2.37. The van der Waals surface area contributed by atoms with E-state index in [-0.39, 0.29) is 0 Å². The van der Waals surface area contributed by atoms with Crippen LogP contribution in [0.2, 0.25) is 0 Å². The standard InChI is InChI=1S/C15H21BrN2S/c1-2-3-11-4-5-14(16)12(8-11)9-13-10-18-6-7-19-15(18)17-13/h6-7,10-12,14H,2-5,8-9H2,1H3. The lowest BCUT2D eigenvalue weighted by molar-refractivity contribution is 0.262. The molecule has 0 spiro atoms. The van der Waals surface area contributed by atoms with E-state index in [1.165, 1.54) is 37.8 Å². The van der Waals surface area contributed by atoms with Gasteiger partial charge in [0, 0.05) is 22.6 Å². The van der Waals surface area contributed by atoms with Gasteiger partial charge < -0.3 is 0 Å². The van der Waals surface area contributed by atoms with Crippen molar-refractivity contribution in [2.45, 2.75) is 50.3 Å². The van der Waals surface area contributed by atoms with E-state index in [1.54, 1.807) is 11.3 Å². The molecule has 2 nitrogen and oxygen atoms in total. The van der Waals surface area contributed by atoms with Gasteiger partial charge in [-0.15, -0.1) is 11.3 Å². The second-order valence-electron chi connectivity index (χ2n) is 5.77. The third-order valence-electron chi connectivity index (χ3n) is 4.31. The highest BCUT2D eigenvalue weighted by molar-refractivity contribution is 9.09. The van der Waals surface area contributed by atoms with Crippen LogP contribution in [0.5, 0.6) is 0 Å². The first-order valence-electron chi connectivity index (χ1n) is 7.31. The van der Waals surface area contributed by atoms with Crippen molar-refractivity contribution < 1.29 is 0 Å². The predicted octanol–water partition coefficient (Wildman–Crippen LogP) is 4.92. The summed E-state index contributed by atoms with van der Waals surface area (Å²) in [5.41, 5.74) is 1.26. The third-order valence-corrected chi connectivity index (χ3v) is 6.29. The maximum atomic E-state index is 4.73. The van der Waals surface area contributed by atoms with Crippen LogP contribution in [-0.4, -0.2) is 14.2 Å². The first-order chi connectivity index (χ1) is 9.26. The summed E-state index contributed by atoms with van der Waals surface area (Å²) in [6.45, 7) is 2.30. The number of fused-ring (bicyclic) bond motifs is 1. The molecule has 0 aliphatic heterocycles. The minimum absolute atomic E-state index is 0.681. The van der Waals surface area contributed by atoms with Crippen LogP contribution in [0.1, 0.15) is 44.7 Å². The summed E-state index contributed by atoms with van der Waals surface area (Å²) in [5, 5.41) is 2.09. The van der Waals surface area contributed by atoms with Crippen molar-refractivity contribution in [3.63, 3.8) is 0 Å². The third kappa shape index (κ3) is 3.05. The van der Waals surface area contributed by atoms with Gasteiger partial charge in [0.25, 0.3) is 0 Å². The maximum Gasteiger partial charge on any atom is 0.193 e. The van der Waals surface area contributed by atoms with E-state index in [0.717, 1.165) is 23.2 Å². The fraction of sp³-hybridized carbons (Fsp3) is 0.667. The van der Waals surface area contributed by atoms with Crippen molar-refractivity contribution in [3.8, 4) is 0 Å². The number of imidazole rings is 1. The Hall–Kier alpha value is -0.350. The predicted molar refractivity (Wildman–Crippen MR) is 85.2 cm³/mol. The summed E-state index contributed by atoms with van der Waals surface area (Å²) >= 11 is 5.61. The van der Waals surface area contributed by atoms with Crippen molar-refractivity contribution in [1.82, 2.24) is 9.38 Å². The Morgan fingerprint density at radius 2 is 2.37 bits per heavy atom. The molecule has 3 atom stereocenters. The zero-order valence-corrected chi connectivity index (χ0v) is 13.8. The Morgan fingerprint density at radius 3 is 3.16 bits per heavy atom. The Kier molecular flexibility index (Phi) is 4.27. The summed E-state index contributed by atoms with van der Waals surface area (Å²) < 4.78 is 2.15. The molecule has 2 aromatic rings. The zero-order valence-electron chi connectivity index (χ0n) is 11.4. The van der Waals surface area contributed by atoms with E-state index in [0.29, 0.717) is 4.83 Å². The van der Waals surface area contributed by atoms with E-state index in [9.17, 15) is 0 Å². The SMILES string of the molecule is CCCC1CCC(Br)C(Cc2cn3ccsc3n2)C1. The Labute approximate surface area is 127 Å². The molecule has 1 aliphatic rings. The van der Waals surface area contributed by atoms with E-state index >= 15 is 0 Å². The van der Waals surface area contributed by atoms with E-state index < -0.39 is 0 Å². The molecular weight excluding hydrogens is 320 g/mol. The second kappa shape index (κ2) is 5.96. The first kappa shape index (κ1) is 13.6. The van der Waals surface area contributed by atoms with Gasteiger partial charge in [0.1, 0.15) is 0 Å². The highest BCUT2D eigenvalue weighted by Gasteiger charge is 2.29. The molecule has 1 fully saturated rings. The number of thiazole rings is 1.